The lowest BCUT2D eigenvalue weighted by Crippen LogP contribution is -2.47. The lowest BCUT2D eigenvalue weighted by molar-refractivity contribution is -0.190. The van der Waals surface area contributed by atoms with Crippen LogP contribution in [0.2, 0.25) is 0 Å². The summed E-state index contributed by atoms with van der Waals surface area (Å²) in [6.07, 6.45) is 11.3. The van der Waals surface area contributed by atoms with E-state index in [-0.39, 0.29) is 30.6 Å². The highest BCUT2D eigenvalue weighted by Crippen LogP contribution is 2.32. The number of carbonyl (C=O) groups is 3. The van der Waals surface area contributed by atoms with Gasteiger partial charge in [-0.1, -0.05) is 44.8 Å². The number of hydrogen-bond acceptors (Lipinski definition) is 5. The zero-order valence-corrected chi connectivity index (χ0v) is 15.4. The number of unbranched alkanes of at least 4 members (excludes halogenated alkanes) is 3. The van der Waals surface area contributed by atoms with Gasteiger partial charge in [0.15, 0.2) is 0 Å². The number of carbonyl (C=O) groups excluding carboxylic acids is 3. The zero-order valence-electron chi connectivity index (χ0n) is 15.4. The van der Waals surface area contributed by atoms with Gasteiger partial charge in [-0.25, -0.2) is 0 Å². The van der Waals surface area contributed by atoms with E-state index in [2.05, 4.69) is 12.2 Å². The van der Waals surface area contributed by atoms with Crippen LogP contribution in [0.25, 0.3) is 0 Å². The van der Waals surface area contributed by atoms with Crippen LogP contribution in [-0.2, 0) is 23.9 Å². The molecule has 6 nitrogen and oxygen atoms in total. The van der Waals surface area contributed by atoms with Gasteiger partial charge in [0.25, 0.3) is 0 Å². The van der Waals surface area contributed by atoms with Crippen LogP contribution < -0.4 is 5.32 Å². The molecule has 25 heavy (non-hydrogen) atoms. The molecule has 0 saturated carbocycles. The largest absolute Gasteiger partial charge is 0.461 e. The lowest BCUT2D eigenvalue weighted by Gasteiger charge is -2.37. The molecule has 142 valence electrons. The summed E-state index contributed by atoms with van der Waals surface area (Å²) in [6.45, 7) is 3.95. The molecule has 3 atom stereocenters. The number of nitrogens with one attached hydrogen (secondary N) is 1. The summed E-state index contributed by atoms with van der Waals surface area (Å²) in [5.41, 5.74) is 0. The van der Waals surface area contributed by atoms with E-state index in [0.29, 0.717) is 19.3 Å². The Morgan fingerprint density at radius 3 is 2.80 bits per heavy atom. The predicted octanol–water partition coefficient (Wildman–Crippen LogP) is 2.90. The molecular weight excluding hydrogens is 322 g/mol. The topological polar surface area (TPSA) is 81.7 Å². The van der Waals surface area contributed by atoms with Gasteiger partial charge in [0, 0.05) is 6.42 Å². The molecule has 1 amide bonds. The minimum absolute atomic E-state index is 0.0760. The Labute approximate surface area is 150 Å². The molecule has 1 heterocycles. The Hall–Kier alpha value is -1.85. The smallest absolute Gasteiger partial charge is 0.325 e. The first kappa shape index (κ1) is 21.2. The molecule has 1 aliphatic rings. The zero-order chi connectivity index (χ0) is 18.5. The van der Waals surface area contributed by atoms with E-state index in [9.17, 15) is 14.4 Å². The third-order valence-corrected chi connectivity index (χ3v) is 4.40. The molecule has 6 heteroatoms. The van der Waals surface area contributed by atoms with Gasteiger partial charge in [-0.15, -0.1) is 0 Å². The van der Waals surface area contributed by atoms with Crippen molar-refractivity contribution in [1.29, 1.82) is 0 Å². The minimum Gasteiger partial charge on any atom is -0.461 e. The molecule has 0 bridgehead atoms. The first-order chi connectivity index (χ1) is 12.1. The standard InChI is InChI=1S/C19H31NO5/c1-3-5-7-9-11-16-17(25-19(16)23)12-15(10-8-6-4-2)24-18(22)13-20-14-21/h4,6,14-17H,3,5,7-13H2,1-2H3,(H,20,21)/t15-,16+,17+/m1/s1. The van der Waals surface area contributed by atoms with Crippen molar-refractivity contribution in [2.45, 2.75) is 77.4 Å². The van der Waals surface area contributed by atoms with E-state index in [0.717, 1.165) is 32.1 Å². The Bertz CT molecular complexity index is 449. The van der Waals surface area contributed by atoms with Crippen molar-refractivity contribution >= 4 is 18.3 Å². The fraction of sp³-hybridized carbons (Fsp3) is 0.737. The molecule has 0 unspecified atom stereocenters. The van der Waals surface area contributed by atoms with E-state index >= 15 is 0 Å². The summed E-state index contributed by atoms with van der Waals surface area (Å²) in [7, 11) is 0. The maximum absolute atomic E-state index is 11.8. The summed E-state index contributed by atoms with van der Waals surface area (Å²) in [5, 5.41) is 2.30. The highest BCUT2D eigenvalue weighted by atomic mass is 16.6. The van der Waals surface area contributed by atoms with Gasteiger partial charge in [0.2, 0.25) is 6.41 Å². The van der Waals surface area contributed by atoms with Crippen LogP contribution >= 0.6 is 0 Å². The Morgan fingerprint density at radius 1 is 1.36 bits per heavy atom. The number of ether oxygens (including phenoxy) is 2. The van der Waals surface area contributed by atoms with Crippen molar-refractivity contribution in [3.8, 4) is 0 Å². The van der Waals surface area contributed by atoms with Gasteiger partial charge in [0.1, 0.15) is 18.8 Å². The number of cyclic esters (lactones) is 1. The van der Waals surface area contributed by atoms with Crippen molar-refractivity contribution in [2.75, 3.05) is 6.54 Å². The molecule has 0 aliphatic carbocycles. The van der Waals surface area contributed by atoms with Crippen LogP contribution in [0.5, 0.6) is 0 Å². The molecular formula is C19H31NO5. The molecule has 0 radical (unpaired) electrons. The average Bonchev–Trinajstić information content (AvgIpc) is 2.59. The summed E-state index contributed by atoms with van der Waals surface area (Å²) < 4.78 is 10.7. The highest BCUT2D eigenvalue weighted by molar-refractivity contribution is 5.78. The van der Waals surface area contributed by atoms with Crippen LogP contribution in [0.1, 0.15) is 65.2 Å². The average molecular weight is 353 g/mol. The number of esters is 2. The second kappa shape index (κ2) is 12.5. The second-order valence-electron chi connectivity index (χ2n) is 6.42. The first-order valence-electron chi connectivity index (χ1n) is 9.30. The summed E-state index contributed by atoms with van der Waals surface area (Å²) >= 11 is 0. The molecule has 1 fully saturated rings. The van der Waals surface area contributed by atoms with Crippen molar-refractivity contribution in [3.05, 3.63) is 12.2 Å². The van der Waals surface area contributed by atoms with Gasteiger partial charge in [-0.3, -0.25) is 14.4 Å². The Kier molecular flexibility index (Phi) is 10.6. The monoisotopic (exact) mass is 353 g/mol. The van der Waals surface area contributed by atoms with Crippen LogP contribution in [0, 0.1) is 5.92 Å². The van der Waals surface area contributed by atoms with Gasteiger partial charge >= 0.3 is 11.9 Å². The van der Waals surface area contributed by atoms with Crippen molar-refractivity contribution in [3.63, 3.8) is 0 Å². The molecule has 0 aromatic rings. The summed E-state index contributed by atoms with van der Waals surface area (Å²) in [5.74, 6) is -0.682. The van der Waals surface area contributed by atoms with Gasteiger partial charge in [-0.2, -0.15) is 0 Å². The van der Waals surface area contributed by atoms with Gasteiger partial charge in [-0.05, 0) is 26.2 Å². The van der Waals surface area contributed by atoms with E-state index < -0.39 is 5.97 Å². The molecule has 0 aromatic heterocycles. The summed E-state index contributed by atoms with van der Waals surface area (Å²) in [4.78, 5) is 33.8. The van der Waals surface area contributed by atoms with Crippen LogP contribution in [0.15, 0.2) is 12.2 Å². The molecule has 0 aromatic carbocycles. The number of amides is 1. The molecule has 0 spiro atoms. The lowest BCUT2D eigenvalue weighted by atomic mass is 9.86. The van der Waals surface area contributed by atoms with Gasteiger partial charge in [0.05, 0.1) is 5.92 Å². The highest BCUT2D eigenvalue weighted by Gasteiger charge is 2.43. The van der Waals surface area contributed by atoms with Gasteiger partial charge < -0.3 is 14.8 Å². The first-order valence-corrected chi connectivity index (χ1v) is 9.30. The van der Waals surface area contributed by atoms with E-state index in [1.165, 1.54) is 6.42 Å². The minimum atomic E-state index is -0.470. The van der Waals surface area contributed by atoms with Crippen molar-refractivity contribution < 1.29 is 23.9 Å². The van der Waals surface area contributed by atoms with Crippen LogP contribution in [0.3, 0.4) is 0 Å². The maximum atomic E-state index is 11.8. The number of hydrogen-bond donors (Lipinski definition) is 1. The van der Waals surface area contributed by atoms with E-state index in [1.807, 2.05) is 19.1 Å². The predicted molar refractivity (Wildman–Crippen MR) is 94.7 cm³/mol. The molecule has 1 aliphatic heterocycles. The van der Waals surface area contributed by atoms with E-state index in [4.69, 9.17) is 9.47 Å². The number of rotatable bonds is 14. The second-order valence-corrected chi connectivity index (χ2v) is 6.42. The fourth-order valence-electron chi connectivity index (χ4n) is 2.99. The molecule has 1 rings (SSSR count). The van der Waals surface area contributed by atoms with Crippen LogP contribution in [0.4, 0.5) is 0 Å². The normalized spacial score (nSPS) is 20.6. The van der Waals surface area contributed by atoms with E-state index in [1.54, 1.807) is 0 Å². The Morgan fingerprint density at radius 2 is 2.16 bits per heavy atom. The third kappa shape index (κ3) is 8.18. The summed E-state index contributed by atoms with van der Waals surface area (Å²) in [6, 6.07) is 0. The fourth-order valence-corrected chi connectivity index (χ4v) is 2.99. The Balaban J connectivity index is 2.48. The third-order valence-electron chi connectivity index (χ3n) is 4.40. The molecule has 1 N–H and O–H groups in total. The quantitative estimate of drug-likeness (QED) is 0.225. The SMILES string of the molecule is CC=CCC[C@H](C[C@@H]1OC(=O)[C@H]1CCCCCC)OC(=O)CNC=O. The van der Waals surface area contributed by atoms with Crippen LogP contribution in [-0.4, -0.2) is 37.1 Å². The van der Waals surface area contributed by atoms with Crippen molar-refractivity contribution in [2.24, 2.45) is 5.92 Å². The molecule has 1 saturated heterocycles. The maximum Gasteiger partial charge on any atom is 0.325 e. The number of allylic oxidation sites excluding steroid dienone is 2. The van der Waals surface area contributed by atoms with Crippen molar-refractivity contribution in [1.82, 2.24) is 5.32 Å².